The third-order valence-electron chi connectivity index (χ3n) is 12.9. The Morgan fingerprint density at radius 2 is 1.53 bits per heavy atom. The summed E-state index contributed by atoms with van der Waals surface area (Å²) in [5.74, 6) is 1.82. The van der Waals surface area contributed by atoms with Gasteiger partial charge in [0.25, 0.3) is 0 Å². The molecule has 0 aromatic heterocycles. The lowest BCUT2D eigenvalue weighted by molar-refractivity contribution is -0.150. The lowest BCUT2D eigenvalue weighted by Gasteiger charge is -2.64. The molecule has 1 aliphatic heterocycles. The van der Waals surface area contributed by atoms with Crippen molar-refractivity contribution in [2.45, 2.75) is 144 Å². The quantitative estimate of drug-likeness (QED) is 0.342. The summed E-state index contributed by atoms with van der Waals surface area (Å²) in [5, 5.41) is 0. The Balaban J connectivity index is 0.000000617. The molecule has 38 heavy (non-hydrogen) atoms. The van der Waals surface area contributed by atoms with Gasteiger partial charge in [-0.2, -0.15) is 0 Å². The standard InChI is InChI=1S/C30H50O3.C4H10O/c1-19-12-17-30(7,33-19)25-22(31-8)18-29(6)21-10-11-23-26(2,3)24(32-9)14-15-27(23,4)20(21)13-16-28(25,29)5;1-4(2)5-3/h13,19,21-25H,10-12,14-18H2,1-9H3;4H,1-3H3/t19?,21?,22?,23?,24?,25?,27?,28?,29-,30+;/m0./s1. The molecule has 0 amide bonds. The van der Waals surface area contributed by atoms with Crippen molar-refractivity contribution in [2.75, 3.05) is 21.3 Å². The Labute approximate surface area is 235 Å². The van der Waals surface area contributed by atoms with E-state index in [2.05, 4.69) is 54.5 Å². The van der Waals surface area contributed by atoms with Gasteiger partial charge in [-0.05, 0) is 113 Å². The summed E-state index contributed by atoms with van der Waals surface area (Å²) >= 11 is 0. The van der Waals surface area contributed by atoms with Crippen molar-refractivity contribution in [3.63, 3.8) is 0 Å². The van der Waals surface area contributed by atoms with E-state index >= 15 is 0 Å². The van der Waals surface area contributed by atoms with Crippen LogP contribution in [0.4, 0.5) is 0 Å². The van der Waals surface area contributed by atoms with E-state index in [1.807, 2.05) is 28.1 Å². The van der Waals surface area contributed by atoms with Crippen molar-refractivity contribution < 1.29 is 18.9 Å². The third-order valence-corrected chi connectivity index (χ3v) is 12.9. The molecule has 8 unspecified atom stereocenters. The summed E-state index contributed by atoms with van der Waals surface area (Å²) in [4.78, 5) is 0. The highest BCUT2D eigenvalue weighted by Gasteiger charge is 2.70. The van der Waals surface area contributed by atoms with E-state index in [1.165, 1.54) is 44.9 Å². The molecule has 3 saturated carbocycles. The summed E-state index contributed by atoms with van der Waals surface area (Å²) in [6.07, 6.45) is 13.9. The van der Waals surface area contributed by atoms with Crippen molar-refractivity contribution in [2.24, 2.45) is 39.4 Å². The maximum absolute atomic E-state index is 6.70. The van der Waals surface area contributed by atoms with Gasteiger partial charge in [0.1, 0.15) is 0 Å². The molecule has 4 nitrogen and oxygen atoms in total. The van der Waals surface area contributed by atoms with Gasteiger partial charge in [0, 0.05) is 27.2 Å². The molecule has 0 aromatic carbocycles. The molecule has 0 N–H and O–H groups in total. The van der Waals surface area contributed by atoms with E-state index in [0.29, 0.717) is 41.5 Å². The summed E-state index contributed by atoms with van der Waals surface area (Å²) in [6, 6.07) is 0. The molecule has 220 valence electrons. The zero-order valence-electron chi connectivity index (χ0n) is 26.9. The smallest absolute Gasteiger partial charge is 0.0717 e. The molecule has 1 heterocycles. The second-order valence-corrected chi connectivity index (χ2v) is 15.4. The van der Waals surface area contributed by atoms with Gasteiger partial charge in [-0.25, -0.2) is 0 Å². The SMILES string of the molecule is COC(C)C.COC1C[C@@]2(C)C3CCC4C(C)(CCC(OC)C4(C)C)C3=CCC2(C)C1[C@@]1(C)CCC(C)O1. The Kier molecular flexibility index (Phi) is 8.39. The number of rotatable bonds is 4. The topological polar surface area (TPSA) is 36.9 Å². The normalized spacial score (nSPS) is 49.4. The van der Waals surface area contributed by atoms with E-state index in [1.54, 1.807) is 12.7 Å². The first-order valence-corrected chi connectivity index (χ1v) is 15.6. The molecule has 1 saturated heterocycles. The fourth-order valence-corrected chi connectivity index (χ4v) is 10.7. The number of methoxy groups -OCH3 is 3. The fourth-order valence-electron chi connectivity index (χ4n) is 10.7. The predicted molar refractivity (Wildman–Crippen MR) is 156 cm³/mol. The molecule has 5 aliphatic rings. The van der Waals surface area contributed by atoms with Crippen LogP contribution in [0.3, 0.4) is 0 Å². The Morgan fingerprint density at radius 3 is 2.05 bits per heavy atom. The minimum Gasteiger partial charge on any atom is -0.382 e. The summed E-state index contributed by atoms with van der Waals surface area (Å²) in [6.45, 7) is 21.4. The number of hydrogen-bond acceptors (Lipinski definition) is 4. The van der Waals surface area contributed by atoms with Gasteiger partial charge < -0.3 is 18.9 Å². The first kappa shape index (κ1) is 30.5. The van der Waals surface area contributed by atoms with Gasteiger partial charge in [-0.15, -0.1) is 0 Å². The second-order valence-electron chi connectivity index (χ2n) is 15.4. The average molecular weight is 533 g/mol. The van der Waals surface area contributed by atoms with Crippen LogP contribution in [0, 0.1) is 39.4 Å². The summed E-state index contributed by atoms with van der Waals surface area (Å²) in [7, 11) is 5.57. The van der Waals surface area contributed by atoms with Crippen LogP contribution < -0.4 is 0 Å². The summed E-state index contributed by atoms with van der Waals surface area (Å²) < 4.78 is 23.8. The molecule has 5 rings (SSSR count). The molecule has 0 spiro atoms. The third kappa shape index (κ3) is 4.47. The Hall–Kier alpha value is -0.420. The molecule has 4 heteroatoms. The van der Waals surface area contributed by atoms with Gasteiger partial charge >= 0.3 is 0 Å². The molecule has 10 atom stereocenters. The lowest BCUT2D eigenvalue weighted by atomic mass is 9.41. The lowest BCUT2D eigenvalue weighted by Crippen LogP contribution is -2.58. The molecule has 4 fully saturated rings. The highest BCUT2D eigenvalue weighted by Crippen LogP contribution is 2.74. The zero-order chi connectivity index (χ0) is 28.3. The van der Waals surface area contributed by atoms with Gasteiger partial charge in [0.15, 0.2) is 0 Å². The number of hydrogen-bond donors (Lipinski definition) is 0. The number of fused-ring (bicyclic) bond motifs is 5. The maximum atomic E-state index is 6.70. The highest BCUT2D eigenvalue weighted by molar-refractivity contribution is 5.34. The van der Waals surface area contributed by atoms with Crippen LogP contribution in [0.1, 0.15) is 114 Å². The Morgan fingerprint density at radius 1 is 0.868 bits per heavy atom. The first-order valence-electron chi connectivity index (χ1n) is 15.6. The fraction of sp³-hybridized carbons (Fsp3) is 0.941. The summed E-state index contributed by atoms with van der Waals surface area (Å²) in [5.41, 5.74) is 2.72. The van der Waals surface area contributed by atoms with Crippen molar-refractivity contribution in [1.82, 2.24) is 0 Å². The highest BCUT2D eigenvalue weighted by atomic mass is 16.5. The van der Waals surface area contributed by atoms with E-state index in [-0.39, 0.29) is 27.9 Å². The molecule has 0 bridgehead atoms. The minimum absolute atomic E-state index is 0.0719. The van der Waals surface area contributed by atoms with Gasteiger partial charge in [-0.1, -0.05) is 46.3 Å². The molecule has 0 aromatic rings. The zero-order valence-corrected chi connectivity index (χ0v) is 26.9. The van der Waals surface area contributed by atoms with Crippen molar-refractivity contribution in [3.05, 3.63) is 11.6 Å². The van der Waals surface area contributed by atoms with E-state index in [0.717, 1.165) is 6.42 Å². The number of allylic oxidation sites excluding steroid dienone is 2. The maximum Gasteiger partial charge on any atom is 0.0717 e. The molecule has 0 radical (unpaired) electrons. The van der Waals surface area contributed by atoms with Crippen LogP contribution in [0.25, 0.3) is 0 Å². The Bertz CT molecular complexity index is 880. The molecular formula is C34H60O4. The van der Waals surface area contributed by atoms with Crippen molar-refractivity contribution in [3.8, 4) is 0 Å². The van der Waals surface area contributed by atoms with Crippen LogP contribution >= 0.6 is 0 Å². The van der Waals surface area contributed by atoms with Gasteiger partial charge in [-0.3, -0.25) is 0 Å². The van der Waals surface area contributed by atoms with Crippen LogP contribution in [0.15, 0.2) is 11.6 Å². The van der Waals surface area contributed by atoms with E-state index in [9.17, 15) is 0 Å². The average Bonchev–Trinajstić information content (AvgIpc) is 3.32. The minimum atomic E-state index is -0.0719. The van der Waals surface area contributed by atoms with Crippen LogP contribution in [-0.4, -0.2) is 51.3 Å². The van der Waals surface area contributed by atoms with Gasteiger partial charge in [0.05, 0.1) is 30.0 Å². The van der Waals surface area contributed by atoms with E-state index in [4.69, 9.17) is 18.9 Å². The van der Waals surface area contributed by atoms with Crippen LogP contribution in [-0.2, 0) is 18.9 Å². The van der Waals surface area contributed by atoms with Crippen LogP contribution in [0.5, 0.6) is 0 Å². The van der Waals surface area contributed by atoms with Crippen molar-refractivity contribution >= 4 is 0 Å². The predicted octanol–water partition coefficient (Wildman–Crippen LogP) is 8.23. The van der Waals surface area contributed by atoms with Crippen LogP contribution in [0.2, 0.25) is 0 Å². The second kappa shape index (κ2) is 10.4. The number of ether oxygens (including phenoxy) is 4. The van der Waals surface area contributed by atoms with Gasteiger partial charge in [0.2, 0.25) is 0 Å². The molecular weight excluding hydrogens is 472 g/mol. The largest absolute Gasteiger partial charge is 0.382 e. The van der Waals surface area contributed by atoms with Crippen molar-refractivity contribution in [1.29, 1.82) is 0 Å². The monoisotopic (exact) mass is 532 g/mol. The molecule has 4 aliphatic carbocycles. The first-order chi connectivity index (χ1) is 17.6. The van der Waals surface area contributed by atoms with E-state index < -0.39 is 0 Å².